The number of rotatable bonds is 4. The second-order valence-electron chi connectivity index (χ2n) is 4.91. The van der Waals surface area contributed by atoms with E-state index in [2.05, 4.69) is 49.7 Å². The number of hydrogen-bond acceptors (Lipinski definition) is 2. The van der Waals surface area contributed by atoms with E-state index in [9.17, 15) is 0 Å². The third kappa shape index (κ3) is 3.23. The van der Waals surface area contributed by atoms with Gasteiger partial charge in [0.25, 0.3) is 0 Å². The van der Waals surface area contributed by atoms with Crippen LogP contribution >= 0.6 is 15.9 Å². The lowest BCUT2D eigenvalue weighted by Crippen LogP contribution is -2.03. The Balaban J connectivity index is 1.92. The number of hydrogen-bond donors (Lipinski definition) is 1. The second kappa shape index (κ2) is 6.24. The minimum absolute atomic E-state index is 0.566. The van der Waals surface area contributed by atoms with E-state index in [-0.39, 0.29) is 0 Å². The predicted octanol–water partition coefficient (Wildman–Crippen LogP) is 3.82. The SMILES string of the molecule is NCc1cccc(Cn2ccnc2-c2cccc(Br)c2)c1. The molecule has 2 N–H and O–H groups in total. The lowest BCUT2D eigenvalue weighted by molar-refractivity contribution is 0.805. The average Bonchev–Trinajstić information content (AvgIpc) is 2.95. The Morgan fingerprint density at radius 1 is 1.05 bits per heavy atom. The molecule has 2 aromatic carbocycles. The van der Waals surface area contributed by atoms with Crippen molar-refractivity contribution in [3.63, 3.8) is 0 Å². The van der Waals surface area contributed by atoms with Gasteiger partial charge >= 0.3 is 0 Å². The zero-order chi connectivity index (χ0) is 14.7. The summed E-state index contributed by atoms with van der Waals surface area (Å²) in [6, 6.07) is 16.5. The van der Waals surface area contributed by atoms with Gasteiger partial charge in [-0.3, -0.25) is 0 Å². The highest BCUT2D eigenvalue weighted by Crippen LogP contribution is 2.22. The van der Waals surface area contributed by atoms with E-state index < -0.39 is 0 Å². The first-order valence-corrected chi connectivity index (χ1v) is 7.60. The summed E-state index contributed by atoms with van der Waals surface area (Å²) in [6.07, 6.45) is 3.84. The lowest BCUT2D eigenvalue weighted by Gasteiger charge is -2.09. The van der Waals surface area contributed by atoms with Crippen LogP contribution in [0.4, 0.5) is 0 Å². The molecule has 4 heteroatoms. The molecule has 3 nitrogen and oxygen atoms in total. The van der Waals surface area contributed by atoms with Gasteiger partial charge in [0.15, 0.2) is 0 Å². The van der Waals surface area contributed by atoms with Crippen LogP contribution in [0, 0.1) is 0 Å². The zero-order valence-electron chi connectivity index (χ0n) is 11.5. The number of aromatic nitrogens is 2. The van der Waals surface area contributed by atoms with Crippen LogP contribution in [-0.2, 0) is 13.1 Å². The monoisotopic (exact) mass is 341 g/mol. The van der Waals surface area contributed by atoms with Gasteiger partial charge in [0.2, 0.25) is 0 Å². The van der Waals surface area contributed by atoms with Crippen LogP contribution in [0.1, 0.15) is 11.1 Å². The van der Waals surface area contributed by atoms with Crippen molar-refractivity contribution in [2.24, 2.45) is 5.73 Å². The highest BCUT2D eigenvalue weighted by atomic mass is 79.9. The van der Waals surface area contributed by atoms with E-state index in [1.807, 2.05) is 36.7 Å². The smallest absolute Gasteiger partial charge is 0.140 e. The normalized spacial score (nSPS) is 10.8. The molecule has 0 saturated heterocycles. The summed E-state index contributed by atoms with van der Waals surface area (Å²) < 4.78 is 3.21. The molecule has 0 aliphatic carbocycles. The van der Waals surface area contributed by atoms with E-state index in [1.165, 1.54) is 5.56 Å². The number of nitrogens with two attached hydrogens (primary N) is 1. The van der Waals surface area contributed by atoms with Gasteiger partial charge in [-0.25, -0.2) is 4.98 Å². The van der Waals surface area contributed by atoms with Gasteiger partial charge < -0.3 is 10.3 Å². The molecule has 3 rings (SSSR count). The molecule has 0 amide bonds. The molecule has 0 aliphatic rings. The van der Waals surface area contributed by atoms with Crippen molar-refractivity contribution in [2.75, 3.05) is 0 Å². The summed E-state index contributed by atoms with van der Waals surface area (Å²) in [7, 11) is 0. The maximum absolute atomic E-state index is 5.71. The summed E-state index contributed by atoms with van der Waals surface area (Å²) in [4.78, 5) is 4.48. The van der Waals surface area contributed by atoms with Gasteiger partial charge in [0.1, 0.15) is 5.82 Å². The first-order valence-electron chi connectivity index (χ1n) is 6.81. The van der Waals surface area contributed by atoms with Crippen LogP contribution < -0.4 is 5.73 Å². The molecule has 0 atom stereocenters. The zero-order valence-corrected chi connectivity index (χ0v) is 13.1. The molecule has 0 spiro atoms. The Hall–Kier alpha value is -1.91. The number of nitrogens with zero attached hydrogens (tertiary/aromatic N) is 2. The minimum atomic E-state index is 0.566. The Morgan fingerprint density at radius 2 is 1.86 bits per heavy atom. The van der Waals surface area contributed by atoms with Crippen LogP contribution in [0.15, 0.2) is 65.4 Å². The van der Waals surface area contributed by atoms with Crippen molar-refractivity contribution >= 4 is 15.9 Å². The van der Waals surface area contributed by atoms with Crippen molar-refractivity contribution in [1.29, 1.82) is 0 Å². The molecule has 0 unspecified atom stereocenters. The standard InChI is InChI=1S/C17H16BrN3/c18-16-6-2-5-15(10-16)17-20-7-8-21(17)12-14-4-1-3-13(9-14)11-19/h1-10H,11-12,19H2. The van der Waals surface area contributed by atoms with E-state index >= 15 is 0 Å². The molecule has 1 aromatic heterocycles. The lowest BCUT2D eigenvalue weighted by atomic mass is 10.1. The second-order valence-corrected chi connectivity index (χ2v) is 5.83. The molecule has 1 heterocycles. The predicted molar refractivity (Wildman–Crippen MR) is 88.8 cm³/mol. The fraction of sp³-hybridized carbons (Fsp3) is 0.118. The van der Waals surface area contributed by atoms with Gasteiger partial charge in [-0.1, -0.05) is 52.3 Å². The van der Waals surface area contributed by atoms with E-state index in [0.717, 1.165) is 28.0 Å². The van der Waals surface area contributed by atoms with Crippen molar-refractivity contribution in [3.05, 3.63) is 76.5 Å². The highest BCUT2D eigenvalue weighted by Gasteiger charge is 2.07. The average molecular weight is 342 g/mol. The molecule has 0 fully saturated rings. The van der Waals surface area contributed by atoms with Gasteiger partial charge in [-0.2, -0.15) is 0 Å². The van der Waals surface area contributed by atoms with Crippen molar-refractivity contribution < 1.29 is 0 Å². The minimum Gasteiger partial charge on any atom is -0.327 e. The summed E-state index contributed by atoms with van der Waals surface area (Å²) in [6.45, 7) is 1.35. The Bertz CT molecular complexity index is 749. The van der Waals surface area contributed by atoms with Crippen LogP contribution in [-0.4, -0.2) is 9.55 Å². The van der Waals surface area contributed by atoms with Crippen molar-refractivity contribution in [2.45, 2.75) is 13.1 Å². The largest absolute Gasteiger partial charge is 0.327 e. The number of halogens is 1. The molecule has 0 bridgehead atoms. The van der Waals surface area contributed by atoms with Crippen molar-refractivity contribution in [3.8, 4) is 11.4 Å². The highest BCUT2D eigenvalue weighted by molar-refractivity contribution is 9.10. The van der Waals surface area contributed by atoms with Gasteiger partial charge in [-0.15, -0.1) is 0 Å². The Labute approximate surface area is 132 Å². The van der Waals surface area contributed by atoms with Crippen LogP contribution in [0.3, 0.4) is 0 Å². The van der Waals surface area contributed by atoms with Gasteiger partial charge in [-0.05, 0) is 23.3 Å². The van der Waals surface area contributed by atoms with Crippen molar-refractivity contribution in [1.82, 2.24) is 9.55 Å². The fourth-order valence-corrected chi connectivity index (χ4v) is 2.78. The molecule has 3 aromatic rings. The Morgan fingerprint density at radius 3 is 2.67 bits per heavy atom. The van der Waals surface area contributed by atoms with Gasteiger partial charge in [0, 0.05) is 35.5 Å². The topological polar surface area (TPSA) is 43.8 Å². The maximum Gasteiger partial charge on any atom is 0.140 e. The molecule has 0 radical (unpaired) electrons. The molecular weight excluding hydrogens is 326 g/mol. The van der Waals surface area contributed by atoms with Crippen LogP contribution in [0.25, 0.3) is 11.4 Å². The summed E-state index contributed by atoms with van der Waals surface area (Å²) in [5.41, 5.74) is 9.19. The van der Waals surface area contributed by atoms with Crippen LogP contribution in [0.2, 0.25) is 0 Å². The van der Waals surface area contributed by atoms with E-state index in [4.69, 9.17) is 5.73 Å². The van der Waals surface area contributed by atoms with Crippen LogP contribution in [0.5, 0.6) is 0 Å². The Kier molecular flexibility index (Phi) is 4.18. The molecule has 0 saturated carbocycles. The molecule has 0 aliphatic heterocycles. The molecule has 21 heavy (non-hydrogen) atoms. The maximum atomic E-state index is 5.71. The third-order valence-corrected chi connectivity index (χ3v) is 3.87. The van der Waals surface area contributed by atoms with Gasteiger partial charge in [0.05, 0.1) is 0 Å². The summed E-state index contributed by atoms with van der Waals surface area (Å²) >= 11 is 3.51. The van der Waals surface area contributed by atoms with E-state index in [1.54, 1.807) is 0 Å². The summed E-state index contributed by atoms with van der Waals surface area (Å²) in [5.74, 6) is 0.967. The third-order valence-electron chi connectivity index (χ3n) is 3.38. The van der Waals surface area contributed by atoms with E-state index in [0.29, 0.717) is 6.54 Å². The number of imidazole rings is 1. The first kappa shape index (κ1) is 14.0. The first-order chi connectivity index (χ1) is 10.3. The molecule has 106 valence electrons. The fourth-order valence-electron chi connectivity index (χ4n) is 2.38. The quantitative estimate of drug-likeness (QED) is 0.783. The molecular formula is C17H16BrN3. The number of benzene rings is 2. The summed E-state index contributed by atoms with van der Waals surface area (Å²) in [5, 5.41) is 0.